The fourth-order valence-electron chi connectivity index (χ4n) is 4.21. The molecule has 4 rings (SSSR count). The molecule has 1 aromatic carbocycles. The maximum Gasteiger partial charge on any atom is 0.312 e. The Bertz CT molecular complexity index is 1010. The van der Waals surface area contributed by atoms with Crippen LogP contribution in [-0.2, 0) is 15.1 Å². The summed E-state index contributed by atoms with van der Waals surface area (Å²) in [7, 11) is 0. The molecule has 2 fully saturated rings. The SMILES string of the molecule is C[C@@]1(c2cccc(Nc3ccc(OC(O)O)nc3)c2Cl)CC(=O)N(C2CCOCC2)C(=N)N1. The van der Waals surface area contributed by atoms with Crippen molar-refractivity contribution in [3.63, 3.8) is 0 Å². The van der Waals surface area contributed by atoms with Crippen molar-refractivity contribution in [2.45, 2.75) is 44.2 Å². The van der Waals surface area contributed by atoms with Crippen LogP contribution in [0.3, 0.4) is 0 Å². The molecule has 1 amide bonds. The van der Waals surface area contributed by atoms with Gasteiger partial charge in [0.25, 0.3) is 0 Å². The minimum atomic E-state index is -1.95. The van der Waals surface area contributed by atoms with Crippen molar-refractivity contribution < 1.29 is 24.5 Å². The molecule has 0 spiro atoms. The Morgan fingerprint density at radius 2 is 2.09 bits per heavy atom. The highest BCUT2D eigenvalue weighted by molar-refractivity contribution is 6.34. The molecular formula is C22H26ClN5O5. The number of anilines is 2. The van der Waals surface area contributed by atoms with Crippen molar-refractivity contribution in [3.05, 3.63) is 47.1 Å². The second-order valence-electron chi connectivity index (χ2n) is 8.21. The molecule has 1 aromatic heterocycles. The first kappa shape index (κ1) is 23.2. The van der Waals surface area contributed by atoms with Gasteiger partial charge in [-0.3, -0.25) is 15.1 Å². The van der Waals surface area contributed by atoms with Crippen molar-refractivity contribution >= 4 is 34.8 Å². The van der Waals surface area contributed by atoms with Crippen LogP contribution in [0.1, 0.15) is 31.7 Å². The average molecular weight is 476 g/mol. The fourth-order valence-corrected chi connectivity index (χ4v) is 4.59. The number of aliphatic hydroxyl groups is 2. The van der Waals surface area contributed by atoms with Gasteiger partial charge in [-0.15, -0.1) is 0 Å². The molecule has 0 radical (unpaired) electrons. The summed E-state index contributed by atoms with van der Waals surface area (Å²) in [6.07, 6.45) is 3.04. The number of rotatable bonds is 6. The Balaban J connectivity index is 1.53. The topological polar surface area (TPSA) is 140 Å². The first-order chi connectivity index (χ1) is 15.8. The van der Waals surface area contributed by atoms with Gasteiger partial charge in [-0.1, -0.05) is 23.7 Å². The number of nitrogens with one attached hydrogen (secondary N) is 3. The van der Waals surface area contributed by atoms with Gasteiger partial charge in [-0.25, -0.2) is 4.98 Å². The summed E-state index contributed by atoms with van der Waals surface area (Å²) in [4.78, 5) is 18.6. The molecule has 33 heavy (non-hydrogen) atoms. The van der Waals surface area contributed by atoms with Gasteiger partial charge >= 0.3 is 6.48 Å². The molecule has 11 heteroatoms. The number of carbonyl (C=O) groups is 1. The Morgan fingerprint density at radius 3 is 2.73 bits per heavy atom. The lowest BCUT2D eigenvalue weighted by molar-refractivity contribution is -0.181. The Morgan fingerprint density at radius 1 is 1.33 bits per heavy atom. The van der Waals surface area contributed by atoms with E-state index in [-0.39, 0.29) is 30.2 Å². The van der Waals surface area contributed by atoms with Crippen LogP contribution in [0.25, 0.3) is 0 Å². The maximum atomic E-state index is 13.1. The largest absolute Gasteiger partial charge is 0.424 e. The molecule has 176 valence electrons. The van der Waals surface area contributed by atoms with Gasteiger partial charge in [0.1, 0.15) is 0 Å². The van der Waals surface area contributed by atoms with E-state index in [1.165, 1.54) is 12.3 Å². The van der Waals surface area contributed by atoms with Crippen molar-refractivity contribution in [1.82, 2.24) is 15.2 Å². The Hall–Kier alpha value is -2.92. The van der Waals surface area contributed by atoms with Crippen LogP contribution in [0.15, 0.2) is 36.5 Å². The first-order valence-corrected chi connectivity index (χ1v) is 11.0. The zero-order chi connectivity index (χ0) is 23.6. The molecule has 1 atom stereocenters. The Labute approximate surface area is 196 Å². The molecule has 2 saturated heterocycles. The molecule has 2 aromatic rings. The maximum absolute atomic E-state index is 13.1. The average Bonchev–Trinajstić information content (AvgIpc) is 2.76. The molecule has 5 N–H and O–H groups in total. The van der Waals surface area contributed by atoms with Crippen molar-refractivity contribution in [2.24, 2.45) is 0 Å². The van der Waals surface area contributed by atoms with E-state index in [9.17, 15) is 4.79 Å². The van der Waals surface area contributed by atoms with Crippen LogP contribution in [0, 0.1) is 5.41 Å². The highest BCUT2D eigenvalue weighted by Gasteiger charge is 2.43. The van der Waals surface area contributed by atoms with Crippen molar-refractivity contribution in [1.29, 1.82) is 5.41 Å². The lowest BCUT2D eigenvalue weighted by Gasteiger charge is -2.45. The summed E-state index contributed by atoms with van der Waals surface area (Å²) >= 11 is 6.74. The molecule has 3 heterocycles. The number of benzene rings is 1. The van der Waals surface area contributed by atoms with Gasteiger partial charge in [0.2, 0.25) is 11.8 Å². The number of nitrogens with zero attached hydrogens (tertiary/aromatic N) is 2. The molecule has 2 aliphatic heterocycles. The van der Waals surface area contributed by atoms with Crippen LogP contribution in [0.2, 0.25) is 5.02 Å². The normalized spacial score (nSPS) is 21.8. The fraction of sp³-hybridized carbons (Fsp3) is 0.409. The van der Waals surface area contributed by atoms with Gasteiger partial charge in [-0.2, -0.15) is 0 Å². The zero-order valence-corrected chi connectivity index (χ0v) is 18.8. The number of guanidine groups is 1. The Kier molecular flexibility index (Phi) is 6.71. The molecule has 0 bridgehead atoms. The van der Waals surface area contributed by atoms with Crippen LogP contribution in [0.5, 0.6) is 5.88 Å². The molecule has 10 nitrogen and oxygen atoms in total. The molecule has 0 aliphatic carbocycles. The third-order valence-electron chi connectivity index (χ3n) is 5.80. The first-order valence-electron chi connectivity index (χ1n) is 10.6. The van der Waals surface area contributed by atoms with Gasteiger partial charge in [0, 0.05) is 25.3 Å². The van der Waals surface area contributed by atoms with E-state index in [1.807, 2.05) is 19.1 Å². The third-order valence-corrected chi connectivity index (χ3v) is 6.21. The molecule has 2 aliphatic rings. The van der Waals surface area contributed by atoms with Crippen LogP contribution >= 0.6 is 11.6 Å². The summed E-state index contributed by atoms with van der Waals surface area (Å²) < 4.78 is 10.1. The second-order valence-corrected chi connectivity index (χ2v) is 8.59. The zero-order valence-electron chi connectivity index (χ0n) is 18.0. The molecule has 0 saturated carbocycles. The van der Waals surface area contributed by atoms with Gasteiger partial charge in [0.05, 0.1) is 34.6 Å². The summed E-state index contributed by atoms with van der Waals surface area (Å²) in [6, 6.07) is 8.55. The summed E-state index contributed by atoms with van der Waals surface area (Å²) in [5.41, 5.74) is 1.04. The van der Waals surface area contributed by atoms with Crippen molar-refractivity contribution in [3.8, 4) is 5.88 Å². The summed E-state index contributed by atoms with van der Waals surface area (Å²) in [5, 5.41) is 33.0. The molecular weight excluding hydrogens is 450 g/mol. The highest BCUT2D eigenvalue weighted by atomic mass is 35.5. The number of carbonyl (C=O) groups excluding carboxylic acids is 1. The van der Waals surface area contributed by atoms with Gasteiger partial charge < -0.3 is 30.3 Å². The van der Waals surface area contributed by atoms with Crippen molar-refractivity contribution in [2.75, 3.05) is 18.5 Å². The summed E-state index contributed by atoms with van der Waals surface area (Å²) in [6.45, 7) is 1.08. The lowest BCUT2D eigenvalue weighted by Crippen LogP contribution is -2.62. The van der Waals surface area contributed by atoms with Gasteiger partial charge in [-0.05, 0) is 37.5 Å². The van der Waals surface area contributed by atoms with E-state index in [4.69, 9.17) is 36.7 Å². The number of halogens is 1. The number of pyridine rings is 1. The minimum absolute atomic E-state index is 0.0364. The van der Waals surface area contributed by atoms with E-state index in [1.54, 1.807) is 17.0 Å². The quantitative estimate of drug-likeness (QED) is 0.401. The lowest BCUT2D eigenvalue weighted by atomic mass is 9.85. The predicted octanol–water partition coefficient (Wildman–Crippen LogP) is 2.28. The van der Waals surface area contributed by atoms with Crippen LogP contribution in [-0.4, -0.2) is 57.7 Å². The number of aliphatic hydroxyl groups excluding tert-OH is 1. The third kappa shape index (κ3) is 5.03. The minimum Gasteiger partial charge on any atom is -0.424 e. The van der Waals surface area contributed by atoms with E-state index in [0.717, 1.165) is 0 Å². The standard InChI is InChI=1S/C22H26ClN5O5/c1-22(11-18(29)28(20(24)27-22)14-7-9-32-10-8-14)15-3-2-4-16(19(15)23)26-13-5-6-17(25-12-13)33-21(30)31/h2-6,12,14,21,26,30-31H,7-11H2,1H3,(H2,24,27)/t22-/m0/s1. The van der Waals surface area contributed by atoms with E-state index >= 15 is 0 Å². The smallest absolute Gasteiger partial charge is 0.312 e. The molecule has 0 unspecified atom stereocenters. The van der Waals surface area contributed by atoms with Crippen LogP contribution < -0.4 is 15.4 Å². The monoisotopic (exact) mass is 475 g/mol. The highest BCUT2D eigenvalue weighted by Crippen LogP contribution is 2.39. The summed E-state index contributed by atoms with van der Waals surface area (Å²) in [5.74, 6) is 0.00907. The van der Waals surface area contributed by atoms with E-state index in [2.05, 4.69) is 15.6 Å². The van der Waals surface area contributed by atoms with Crippen LogP contribution in [0.4, 0.5) is 11.4 Å². The number of hydrogen-bond donors (Lipinski definition) is 5. The predicted molar refractivity (Wildman–Crippen MR) is 121 cm³/mol. The number of amides is 1. The van der Waals surface area contributed by atoms with E-state index < -0.39 is 12.0 Å². The van der Waals surface area contributed by atoms with E-state index in [0.29, 0.717) is 48.0 Å². The second kappa shape index (κ2) is 9.52. The van der Waals surface area contributed by atoms with Gasteiger partial charge in [0.15, 0.2) is 5.96 Å². The number of aromatic nitrogens is 1. The number of hydrogen-bond acceptors (Lipinski definition) is 8. The number of ether oxygens (including phenoxy) is 2.